The van der Waals surface area contributed by atoms with Gasteiger partial charge in [0.05, 0.1) is 6.04 Å². The van der Waals surface area contributed by atoms with Crippen LogP contribution in [0.25, 0.3) is 0 Å². The number of carbonyl (C=O) groups is 1. The highest BCUT2D eigenvalue weighted by Crippen LogP contribution is 2.25. The largest absolute Gasteiger partial charge is 0.357 e. The highest BCUT2D eigenvalue weighted by atomic mass is 35.5. The molecule has 1 aliphatic heterocycles. The van der Waals surface area contributed by atoms with Crippen LogP contribution in [0.4, 0.5) is 17.8 Å². The van der Waals surface area contributed by atoms with Crippen LogP contribution >= 0.6 is 23.2 Å². The van der Waals surface area contributed by atoms with Crippen LogP contribution in [0.5, 0.6) is 0 Å². The van der Waals surface area contributed by atoms with Crippen LogP contribution in [-0.2, 0) is 4.79 Å². The van der Waals surface area contributed by atoms with Gasteiger partial charge in [0.15, 0.2) is 0 Å². The van der Waals surface area contributed by atoms with Gasteiger partial charge in [-0.25, -0.2) is 0 Å². The minimum atomic E-state index is -0.0770. The lowest BCUT2D eigenvalue weighted by atomic mass is 10.1. The smallest absolute Gasteiger partial charge is 0.237 e. The van der Waals surface area contributed by atoms with E-state index in [0.717, 1.165) is 5.56 Å². The zero-order valence-electron chi connectivity index (χ0n) is 15.8. The third kappa shape index (κ3) is 4.74. The summed E-state index contributed by atoms with van der Waals surface area (Å²) in [5, 5.41) is 6.95. The van der Waals surface area contributed by atoms with E-state index in [1.807, 2.05) is 36.1 Å². The van der Waals surface area contributed by atoms with Crippen molar-refractivity contribution in [2.24, 2.45) is 0 Å². The Kier molecular flexibility index (Phi) is 6.74. The predicted molar refractivity (Wildman–Crippen MR) is 112 cm³/mol. The number of piperazine rings is 1. The van der Waals surface area contributed by atoms with E-state index in [4.69, 9.17) is 23.2 Å². The molecule has 3 rings (SSSR count). The average Bonchev–Trinajstić information content (AvgIpc) is 2.73. The van der Waals surface area contributed by atoms with Gasteiger partial charge < -0.3 is 20.4 Å². The number of anilines is 3. The van der Waals surface area contributed by atoms with Gasteiger partial charge >= 0.3 is 0 Å². The molecular weight excluding hydrogens is 401 g/mol. The molecule has 1 fully saturated rings. The van der Waals surface area contributed by atoms with Crippen molar-refractivity contribution >= 4 is 47.0 Å². The maximum absolute atomic E-state index is 11.8. The normalized spacial score (nSPS) is 15.3. The van der Waals surface area contributed by atoms with Crippen molar-refractivity contribution in [3.8, 4) is 0 Å². The minimum Gasteiger partial charge on any atom is -0.357 e. The minimum absolute atomic E-state index is 0.00363. The molecule has 2 aromatic rings. The van der Waals surface area contributed by atoms with E-state index in [2.05, 4.69) is 25.6 Å². The maximum Gasteiger partial charge on any atom is 0.237 e. The molecule has 1 aliphatic rings. The Balaban J connectivity index is 1.75. The molecule has 0 aliphatic carbocycles. The molecule has 2 heterocycles. The number of alkyl halides is 1. The zero-order chi connectivity index (χ0) is 20.1. The highest BCUT2D eigenvalue weighted by Gasteiger charge is 2.23. The van der Waals surface area contributed by atoms with Gasteiger partial charge in [-0.2, -0.15) is 15.0 Å². The monoisotopic (exact) mass is 423 g/mol. The molecule has 1 atom stereocenters. The van der Waals surface area contributed by atoms with Crippen LogP contribution in [0.2, 0.25) is 5.02 Å². The third-order valence-corrected chi connectivity index (χ3v) is 5.17. The van der Waals surface area contributed by atoms with Gasteiger partial charge in [0.1, 0.15) is 5.88 Å². The first-order valence-electron chi connectivity index (χ1n) is 9.05. The van der Waals surface area contributed by atoms with Gasteiger partial charge in [0.2, 0.25) is 23.8 Å². The number of benzene rings is 1. The second kappa shape index (κ2) is 9.25. The molecule has 1 aromatic carbocycles. The Labute approximate surface area is 174 Å². The number of nitrogens with zero attached hydrogens (tertiary/aromatic N) is 5. The number of nitrogens with one attached hydrogen (secondary N) is 2. The average molecular weight is 424 g/mol. The lowest BCUT2D eigenvalue weighted by Crippen LogP contribution is -2.49. The Morgan fingerprint density at radius 1 is 1.14 bits per heavy atom. The fourth-order valence-corrected chi connectivity index (χ4v) is 3.49. The molecule has 2 N–H and O–H groups in total. The molecule has 0 saturated carbocycles. The summed E-state index contributed by atoms with van der Waals surface area (Å²) in [6, 6.07) is 7.58. The molecule has 1 unspecified atom stereocenters. The van der Waals surface area contributed by atoms with E-state index in [-0.39, 0.29) is 17.8 Å². The molecular formula is C18H23Cl2N7O. The van der Waals surface area contributed by atoms with Gasteiger partial charge in [-0.15, -0.1) is 11.6 Å². The van der Waals surface area contributed by atoms with Crippen molar-refractivity contribution < 1.29 is 4.79 Å². The molecule has 10 heteroatoms. The first-order chi connectivity index (χ1) is 13.5. The Morgan fingerprint density at radius 2 is 1.82 bits per heavy atom. The van der Waals surface area contributed by atoms with Crippen LogP contribution < -0.4 is 15.5 Å². The molecule has 1 amide bonds. The van der Waals surface area contributed by atoms with Crippen LogP contribution in [0, 0.1) is 0 Å². The van der Waals surface area contributed by atoms with Crippen molar-refractivity contribution in [2.45, 2.75) is 13.0 Å². The number of halogens is 2. The van der Waals surface area contributed by atoms with Gasteiger partial charge in [-0.3, -0.25) is 4.79 Å². The van der Waals surface area contributed by atoms with Gasteiger partial charge in [0, 0.05) is 38.2 Å². The quantitative estimate of drug-likeness (QED) is 0.690. The summed E-state index contributed by atoms with van der Waals surface area (Å²) in [5.74, 6) is 1.44. The maximum atomic E-state index is 11.8. The first-order valence-corrected chi connectivity index (χ1v) is 9.96. The number of aromatic nitrogens is 3. The van der Waals surface area contributed by atoms with Crippen LogP contribution in [-0.4, -0.2) is 64.9 Å². The zero-order valence-corrected chi connectivity index (χ0v) is 17.3. The Hall–Kier alpha value is -2.32. The van der Waals surface area contributed by atoms with Gasteiger partial charge in [-0.05, 0) is 18.6 Å². The van der Waals surface area contributed by atoms with Crippen molar-refractivity contribution in [2.75, 3.05) is 54.6 Å². The molecule has 0 radical (unpaired) electrons. The SMILES string of the molecule is CNc1nc(NC(C)c2ccccc2Cl)nc(N2CCN(C(=O)CCl)CC2)n1. The van der Waals surface area contributed by atoms with Crippen LogP contribution in [0.15, 0.2) is 24.3 Å². The van der Waals surface area contributed by atoms with E-state index in [0.29, 0.717) is 49.0 Å². The molecule has 0 bridgehead atoms. The Bertz CT molecular complexity index is 827. The molecule has 0 spiro atoms. The summed E-state index contributed by atoms with van der Waals surface area (Å²) in [6.45, 7) is 4.45. The van der Waals surface area contributed by atoms with E-state index in [1.54, 1.807) is 11.9 Å². The Morgan fingerprint density at radius 3 is 2.46 bits per heavy atom. The summed E-state index contributed by atoms with van der Waals surface area (Å²) in [7, 11) is 1.76. The number of amides is 1. The van der Waals surface area contributed by atoms with Gasteiger partial charge in [-0.1, -0.05) is 29.8 Å². The van der Waals surface area contributed by atoms with Crippen LogP contribution in [0.3, 0.4) is 0 Å². The lowest BCUT2D eigenvalue weighted by Gasteiger charge is -2.34. The standard InChI is InChI=1S/C18H23Cl2N7O/c1-12(13-5-3-4-6-14(13)20)22-17-23-16(21-2)24-18(25-17)27-9-7-26(8-10-27)15(28)11-19/h3-6,12H,7-11H2,1-2H3,(H2,21,22,23,24,25). The highest BCUT2D eigenvalue weighted by molar-refractivity contribution is 6.31. The lowest BCUT2D eigenvalue weighted by molar-refractivity contribution is -0.128. The fraction of sp³-hybridized carbons (Fsp3) is 0.444. The molecule has 150 valence electrons. The molecule has 1 aromatic heterocycles. The molecule has 28 heavy (non-hydrogen) atoms. The van der Waals surface area contributed by atoms with Crippen molar-refractivity contribution in [1.29, 1.82) is 0 Å². The summed E-state index contributed by atoms with van der Waals surface area (Å²) in [4.78, 5) is 29.0. The van der Waals surface area contributed by atoms with E-state index in [1.165, 1.54) is 0 Å². The van der Waals surface area contributed by atoms with E-state index < -0.39 is 0 Å². The molecule has 1 saturated heterocycles. The third-order valence-electron chi connectivity index (χ3n) is 4.59. The second-order valence-electron chi connectivity index (χ2n) is 6.42. The number of hydrogen-bond acceptors (Lipinski definition) is 7. The number of rotatable bonds is 6. The van der Waals surface area contributed by atoms with E-state index in [9.17, 15) is 4.79 Å². The second-order valence-corrected chi connectivity index (χ2v) is 7.10. The summed E-state index contributed by atoms with van der Waals surface area (Å²) < 4.78 is 0. The van der Waals surface area contributed by atoms with Crippen molar-refractivity contribution in [3.63, 3.8) is 0 Å². The predicted octanol–water partition coefficient (Wildman–Crippen LogP) is 2.63. The number of hydrogen-bond donors (Lipinski definition) is 2. The topological polar surface area (TPSA) is 86.3 Å². The summed E-state index contributed by atoms with van der Waals surface area (Å²) in [6.07, 6.45) is 0. The number of carbonyl (C=O) groups excluding carboxylic acids is 1. The molecule has 8 nitrogen and oxygen atoms in total. The fourth-order valence-electron chi connectivity index (χ4n) is 3.02. The summed E-state index contributed by atoms with van der Waals surface area (Å²) >= 11 is 11.9. The van der Waals surface area contributed by atoms with Gasteiger partial charge in [0.25, 0.3) is 0 Å². The first kappa shape index (κ1) is 20.4. The summed E-state index contributed by atoms with van der Waals surface area (Å²) in [5.41, 5.74) is 0.963. The van der Waals surface area contributed by atoms with E-state index >= 15 is 0 Å². The van der Waals surface area contributed by atoms with Crippen LogP contribution in [0.1, 0.15) is 18.5 Å². The van der Waals surface area contributed by atoms with Crippen molar-refractivity contribution in [1.82, 2.24) is 19.9 Å². The van der Waals surface area contributed by atoms with Crippen molar-refractivity contribution in [3.05, 3.63) is 34.9 Å².